The number of urea groups is 1. The van der Waals surface area contributed by atoms with Crippen LogP contribution in [0.2, 0.25) is 0 Å². The first kappa shape index (κ1) is 15.2. The summed E-state index contributed by atoms with van der Waals surface area (Å²) in [5, 5.41) is 9.55. The van der Waals surface area contributed by atoms with E-state index in [1.54, 1.807) is 17.1 Å². The summed E-state index contributed by atoms with van der Waals surface area (Å²) in [6, 6.07) is 0.0105. The maximum atomic E-state index is 11.6. The molecule has 106 valence electrons. The number of rotatable bonds is 7. The fraction of sp³-hybridized carbons (Fsp3) is 0.538. The average Bonchev–Trinajstić information content (AvgIpc) is 2.76. The third-order valence-corrected chi connectivity index (χ3v) is 2.27. The summed E-state index contributed by atoms with van der Waals surface area (Å²) in [7, 11) is 0. The summed E-state index contributed by atoms with van der Waals surface area (Å²) < 4.78 is 7.06. The zero-order valence-electron chi connectivity index (χ0n) is 11.8. The highest BCUT2D eigenvalue weighted by atomic mass is 16.5. The number of aromatic nitrogens is 2. The van der Waals surface area contributed by atoms with E-state index in [1.807, 2.05) is 20.8 Å². The van der Waals surface area contributed by atoms with Crippen molar-refractivity contribution in [1.29, 1.82) is 0 Å². The van der Waals surface area contributed by atoms with E-state index in [4.69, 9.17) is 4.74 Å². The molecule has 0 unspecified atom stereocenters. The van der Waals surface area contributed by atoms with Crippen LogP contribution in [0.5, 0.6) is 0 Å². The lowest BCUT2D eigenvalue weighted by molar-refractivity contribution is 0.159. The van der Waals surface area contributed by atoms with Crippen LogP contribution in [-0.4, -0.2) is 35.6 Å². The van der Waals surface area contributed by atoms with Crippen LogP contribution in [0.3, 0.4) is 0 Å². The Labute approximate surface area is 113 Å². The number of nitrogens with zero attached hydrogens (tertiary/aromatic N) is 2. The molecule has 1 heterocycles. The Hall–Kier alpha value is -1.82. The lowest BCUT2D eigenvalue weighted by atomic mass is 10.4. The second kappa shape index (κ2) is 7.58. The summed E-state index contributed by atoms with van der Waals surface area (Å²) in [6.07, 6.45) is 3.42. The highest BCUT2D eigenvalue weighted by Gasteiger charge is 2.05. The third kappa shape index (κ3) is 6.05. The zero-order chi connectivity index (χ0) is 14.3. The van der Waals surface area contributed by atoms with E-state index in [0.717, 1.165) is 5.57 Å². The Morgan fingerprint density at radius 3 is 2.89 bits per heavy atom. The number of carbonyl (C=O) groups excluding carboxylic acids is 1. The summed E-state index contributed by atoms with van der Waals surface area (Å²) in [4.78, 5) is 11.6. The lowest BCUT2D eigenvalue weighted by Crippen LogP contribution is -2.31. The minimum Gasteiger partial charge on any atom is -0.375 e. The molecule has 0 aliphatic rings. The molecule has 19 heavy (non-hydrogen) atoms. The van der Waals surface area contributed by atoms with Crippen molar-refractivity contribution in [2.45, 2.75) is 26.8 Å². The molecule has 0 radical (unpaired) electrons. The van der Waals surface area contributed by atoms with Crippen molar-refractivity contribution in [3.63, 3.8) is 0 Å². The molecule has 0 saturated carbocycles. The van der Waals surface area contributed by atoms with E-state index >= 15 is 0 Å². The van der Waals surface area contributed by atoms with Crippen molar-refractivity contribution in [3.05, 3.63) is 24.5 Å². The first-order valence-corrected chi connectivity index (χ1v) is 6.30. The number of amides is 2. The second-order valence-corrected chi connectivity index (χ2v) is 4.69. The van der Waals surface area contributed by atoms with Crippen molar-refractivity contribution < 1.29 is 9.53 Å². The first-order chi connectivity index (χ1) is 8.99. The van der Waals surface area contributed by atoms with E-state index in [2.05, 4.69) is 22.3 Å². The molecule has 0 aliphatic carbocycles. The Bertz CT molecular complexity index is 426. The molecule has 1 rings (SSSR count). The van der Waals surface area contributed by atoms with Crippen LogP contribution in [-0.2, 0) is 4.74 Å². The van der Waals surface area contributed by atoms with Gasteiger partial charge in [0.25, 0.3) is 0 Å². The summed E-state index contributed by atoms with van der Waals surface area (Å²) in [5.74, 6) is 0. The maximum absolute atomic E-state index is 11.6. The molecule has 6 nitrogen and oxygen atoms in total. The number of hydrogen-bond donors (Lipinski definition) is 2. The Morgan fingerprint density at radius 2 is 2.32 bits per heavy atom. The minimum absolute atomic E-state index is 0.262. The van der Waals surface area contributed by atoms with Gasteiger partial charge in [-0.05, 0) is 20.8 Å². The van der Waals surface area contributed by atoms with Gasteiger partial charge < -0.3 is 15.4 Å². The highest BCUT2D eigenvalue weighted by molar-refractivity contribution is 5.88. The molecule has 0 aliphatic heterocycles. The van der Waals surface area contributed by atoms with Gasteiger partial charge in [-0.15, -0.1) is 0 Å². The van der Waals surface area contributed by atoms with E-state index in [0.29, 0.717) is 25.4 Å². The van der Waals surface area contributed by atoms with Crippen LogP contribution in [0.4, 0.5) is 10.5 Å². The van der Waals surface area contributed by atoms with Crippen molar-refractivity contribution in [3.8, 4) is 0 Å². The van der Waals surface area contributed by atoms with Crippen molar-refractivity contribution in [2.75, 3.05) is 25.1 Å². The number of anilines is 1. The minimum atomic E-state index is -0.262. The lowest BCUT2D eigenvalue weighted by Gasteiger charge is -2.07. The number of ether oxygens (including phenoxy) is 1. The van der Waals surface area contributed by atoms with Gasteiger partial charge in [0.05, 0.1) is 25.1 Å². The molecule has 0 saturated heterocycles. The SMILES string of the molecule is C=C(C)COCCNC(=O)Nc1cnn(C(C)C)c1. The van der Waals surface area contributed by atoms with Gasteiger partial charge in [-0.1, -0.05) is 12.2 Å². The summed E-state index contributed by atoms with van der Waals surface area (Å²) >= 11 is 0. The molecule has 2 amide bonds. The van der Waals surface area contributed by atoms with Gasteiger partial charge in [-0.25, -0.2) is 4.79 Å². The van der Waals surface area contributed by atoms with E-state index in [1.165, 1.54) is 0 Å². The normalized spacial score (nSPS) is 10.5. The molecular weight excluding hydrogens is 244 g/mol. The van der Waals surface area contributed by atoms with Gasteiger partial charge in [-0.2, -0.15) is 5.10 Å². The van der Waals surface area contributed by atoms with Gasteiger partial charge in [-0.3, -0.25) is 4.68 Å². The third-order valence-electron chi connectivity index (χ3n) is 2.27. The molecule has 0 bridgehead atoms. The molecule has 0 spiro atoms. The fourth-order valence-corrected chi connectivity index (χ4v) is 1.34. The Balaban J connectivity index is 2.21. The Kier molecular flexibility index (Phi) is 6.08. The Morgan fingerprint density at radius 1 is 1.58 bits per heavy atom. The molecule has 6 heteroatoms. The first-order valence-electron chi connectivity index (χ1n) is 6.30. The topological polar surface area (TPSA) is 68.2 Å². The monoisotopic (exact) mass is 266 g/mol. The molecule has 0 atom stereocenters. The van der Waals surface area contributed by atoms with Crippen LogP contribution in [0.25, 0.3) is 0 Å². The molecule has 0 fully saturated rings. The van der Waals surface area contributed by atoms with Gasteiger partial charge in [0, 0.05) is 18.8 Å². The summed E-state index contributed by atoms with van der Waals surface area (Å²) in [6.45, 7) is 11.1. The predicted octanol–water partition coefficient (Wildman–Crippen LogP) is 2.18. The molecule has 0 aromatic carbocycles. The van der Waals surface area contributed by atoms with Crippen LogP contribution >= 0.6 is 0 Å². The van der Waals surface area contributed by atoms with Gasteiger partial charge in [0.1, 0.15) is 0 Å². The van der Waals surface area contributed by atoms with Crippen LogP contribution in [0.15, 0.2) is 24.5 Å². The molecule has 1 aromatic rings. The highest BCUT2D eigenvalue weighted by Crippen LogP contribution is 2.09. The van der Waals surface area contributed by atoms with Crippen molar-refractivity contribution >= 4 is 11.7 Å². The quantitative estimate of drug-likeness (QED) is 0.587. The van der Waals surface area contributed by atoms with E-state index in [9.17, 15) is 4.79 Å². The second-order valence-electron chi connectivity index (χ2n) is 4.69. The smallest absolute Gasteiger partial charge is 0.319 e. The van der Waals surface area contributed by atoms with Gasteiger partial charge >= 0.3 is 6.03 Å². The number of nitrogens with one attached hydrogen (secondary N) is 2. The fourth-order valence-electron chi connectivity index (χ4n) is 1.34. The van der Waals surface area contributed by atoms with E-state index < -0.39 is 0 Å². The predicted molar refractivity (Wildman–Crippen MR) is 75.3 cm³/mol. The molecule has 1 aromatic heterocycles. The molecule has 2 N–H and O–H groups in total. The van der Waals surface area contributed by atoms with Crippen LogP contribution in [0.1, 0.15) is 26.8 Å². The van der Waals surface area contributed by atoms with Crippen LogP contribution in [0, 0.1) is 0 Å². The van der Waals surface area contributed by atoms with Gasteiger partial charge in [0.15, 0.2) is 0 Å². The summed E-state index contributed by atoms with van der Waals surface area (Å²) in [5.41, 5.74) is 1.64. The standard InChI is InChI=1S/C13H22N4O2/c1-10(2)9-19-6-5-14-13(18)16-12-7-15-17(8-12)11(3)4/h7-8,11H,1,5-6,9H2,2-4H3,(H2,14,16,18). The van der Waals surface area contributed by atoms with Crippen molar-refractivity contribution in [1.82, 2.24) is 15.1 Å². The number of carbonyl (C=O) groups is 1. The van der Waals surface area contributed by atoms with Crippen molar-refractivity contribution in [2.24, 2.45) is 0 Å². The average molecular weight is 266 g/mol. The number of hydrogen-bond acceptors (Lipinski definition) is 3. The largest absolute Gasteiger partial charge is 0.375 e. The maximum Gasteiger partial charge on any atom is 0.319 e. The van der Waals surface area contributed by atoms with Crippen LogP contribution < -0.4 is 10.6 Å². The van der Waals surface area contributed by atoms with E-state index in [-0.39, 0.29) is 12.1 Å². The van der Waals surface area contributed by atoms with Gasteiger partial charge in [0.2, 0.25) is 0 Å². The zero-order valence-corrected chi connectivity index (χ0v) is 11.8. The molecular formula is C13H22N4O2.